The Morgan fingerprint density at radius 3 is 2.20 bits per heavy atom. The fourth-order valence-electron chi connectivity index (χ4n) is 3.84. The number of hydrogen-bond acceptors (Lipinski definition) is 0. The predicted molar refractivity (Wildman–Crippen MR) is 65.9 cm³/mol. The van der Waals surface area contributed by atoms with Crippen LogP contribution in [0.25, 0.3) is 0 Å². The summed E-state index contributed by atoms with van der Waals surface area (Å²) in [5.74, 6) is 0. The van der Waals surface area contributed by atoms with Gasteiger partial charge in [0.15, 0.2) is 0 Å². The summed E-state index contributed by atoms with van der Waals surface area (Å²) in [6.45, 7) is 6.84. The Bertz CT molecular complexity index is 176. The lowest BCUT2D eigenvalue weighted by Crippen LogP contribution is -2.54. The van der Waals surface area contributed by atoms with Gasteiger partial charge in [0, 0.05) is 12.8 Å². The van der Waals surface area contributed by atoms with E-state index in [-0.39, 0.29) is 0 Å². The van der Waals surface area contributed by atoms with Crippen molar-refractivity contribution in [1.82, 2.24) is 0 Å². The number of rotatable bonds is 4. The Morgan fingerprint density at radius 1 is 0.933 bits per heavy atom. The molecule has 0 aromatic rings. The zero-order chi connectivity index (χ0) is 10.6. The smallest absolute Gasteiger partial charge is 0.0890 e. The Balaban J connectivity index is 1.96. The summed E-state index contributed by atoms with van der Waals surface area (Å²) in [6, 6.07) is 1.05. The molecule has 15 heavy (non-hydrogen) atoms. The van der Waals surface area contributed by atoms with Crippen molar-refractivity contribution in [3.05, 3.63) is 0 Å². The standard InChI is InChI=1S/C14H28N/c1-2-3-11-15(12-7-8-13-15)14-9-5-4-6-10-14/h14H,2-13H2,1H3/q+1. The number of likely N-dealkylation sites (tertiary alicyclic amines) is 1. The minimum Gasteiger partial charge on any atom is -0.321 e. The van der Waals surface area contributed by atoms with Crippen molar-refractivity contribution in [1.29, 1.82) is 0 Å². The van der Waals surface area contributed by atoms with Gasteiger partial charge in [0.25, 0.3) is 0 Å². The fraction of sp³-hybridized carbons (Fsp3) is 1.00. The highest BCUT2D eigenvalue weighted by molar-refractivity contribution is 4.70. The molecule has 0 aromatic carbocycles. The van der Waals surface area contributed by atoms with Crippen molar-refractivity contribution in [2.45, 2.75) is 70.8 Å². The molecule has 0 spiro atoms. The second kappa shape index (κ2) is 5.34. The highest BCUT2D eigenvalue weighted by Gasteiger charge is 2.39. The summed E-state index contributed by atoms with van der Waals surface area (Å²) in [6.07, 6.45) is 13.4. The molecule has 0 unspecified atom stereocenters. The first-order valence-corrected chi connectivity index (χ1v) is 7.23. The average molecular weight is 210 g/mol. The van der Waals surface area contributed by atoms with Crippen molar-refractivity contribution in [2.75, 3.05) is 19.6 Å². The van der Waals surface area contributed by atoms with E-state index in [0.717, 1.165) is 6.04 Å². The lowest BCUT2D eigenvalue weighted by Gasteiger charge is -2.43. The van der Waals surface area contributed by atoms with Gasteiger partial charge in [0.1, 0.15) is 0 Å². The zero-order valence-electron chi connectivity index (χ0n) is 10.5. The van der Waals surface area contributed by atoms with E-state index in [1.165, 1.54) is 81.9 Å². The van der Waals surface area contributed by atoms with Crippen molar-refractivity contribution < 1.29 is 4.48 Å². The molecular weight excluding hydrogens is 182 g/mol. The highest BCUT2D eigenvalue weighted by Crippen LogP contribution is 2.33. The predicted octanol–water partition coefficient (Wildman–Crippen LogP) is 3.73. The molecular formula is C14H28N+. The normalized spacial score (nSPS) is 27.0. The maximum atomic E-state index is 2.34. The molecule has 2 aliphatic rings. The lowest BCUT2D eigenvalue weighted by molar-refractivity contribution is -0.941. The largest absolute Gasteiger partial charge is 0.321 e. The number of nitrogens with zero attached hydrogens (tertiary/aromatic N) is 1. The molecule has 1 saturated carbocycles. The number of quaternary nitrogens is 1. The quantitative estimate of drug-likeness (QED) is 0.620. The Kier molecular flexibility index (Phi) is 4.07. The minimum absolute atomic E-state index is 1.05. The van der Waals surface area contributed by atoms with Crippen LogP contribution < -0.4 is 0 Å². The van der Waals surface area contributed by atoms with Gasteiger partial charge in [0.05, 0.1) is 25.7 Å². The van der Waals surface area contributed by atoms with Crippen LogP contribution in [0.2, 0.25) is 0 Å². The van der Waals surface area contributed by atoms with Gasteiger partial charge < -0.3 is 4.48 Å². The van der Waals surface area contributed by atoms with Crippen molar-refractivity contribution in [2.24, 2.45) is 0 Å². The highest BCUT2D eigenvalue weighted by atomic mass is 15.4. The fourth-order valence-corrected chi connectivity index (χ4v) is 3.84. The third kappa shape index (κ3) is 2.55. The molecule has 2 rings (SSSR count). The molecule has 1 aliphatic heterocycles. The molecule has 0 N–H and O–H groups in total. The monoisotopic (exact) mass is 210 g/mol. The topological polar surface area (TPSA) is 0 Å². The number of hydrogen-bond donors (Lipinski definition) is 0. The third-order valence-corrected chi connectivity index (χ3v) is 4.76. The van der Waals surface area contributed by atoms with Crippen LogP contribution in [-0.4, -0.2) is 30.2 Å². The summed E-state index contributed by atoms with van der Waals surface area (Å²) >= 11 is 0. The van der Waals surface area contributed by atoms with E-state index in [9.17, 15) is 0 Å². The van der Waals surface area contributed by atoms with Gasteiger partial charge in [0.2, 0.25) is 0 Å². The van der Waals surface area contributed by atoms with Crippen LogP contribution in [0.15, 0.2) is 0 Å². The second-order valence-corrected chi connectivity index (χ2v) is 5.74. The molecule has 88 valence electrons. The van der Waals surface area contributed by atoms with E-state index in [4.69, 9.17) is 0 Å². The minimum atomic E-state index is 1.05. The van der Waals surface area contributed by atoms with Crippen LogP contribution >= 0.6 is 0 Å². The van der Waals surface area contributed by atoms with Gasteiger partial charge in [-0.2, -0.15) is 0 Å². The van der Waals surface area contributed by atoms with Gasteiger partial charge in [-0.05, 0) is 32.1 Å². The molecule has 1 aliphatic carbocycles. The molecule has 1 heterocycles. The molecule has 0 bridgehead atoms. The number of unbranched alkanes of at least 4 members (excludes halogenated alkanes) is 1. The van der Waals surface area contributed by atoms with Crippen LogP contribution in [0.3, 0.4) is 0 Å². The van der Waals surface area contributed by atoms with Gasteiger partial charge >= 0.3 is 0 Å². The van der Waals surface area contributed by atoms with Gasteiger partial charge in [-0.1, -0.05) is 19.8 Å². The Morgan fingerprint density at radius 2 is 1.60 bits per heavy atom. The maximum Gasteiger partial charge on any atom is 0.0890 e. The van der Waals surface area contributed by atoms with Crippen LogP contribution in [0.5, 0.6) is 0 Å². The molecule has 1 saturated heterocycles. The SMILES string of the molecule is CCCC[N+]1(C2CCCCC2)CCCC1. The van der Waals surface area contributed by atoms with E-state index in [0.29, 0.717) is 0 Å². The van der Waals surface area contributed by atoms with Gasteiger partial charge in [-0.3, -0.25) is 0 Å². The van der Waals surface area contributed by atoms with Crippen LogP contribution in [0, 0.1) is 0 Å². The van der Waals surface area contributed by atoms with E-state index >= 15 is 0 Å². The summed E-state index contributed by atoms with van der Waals surface area (Å²) in [5, 5.41) is 0. The van der Waals surface area contributed by atoms with E-state index in [2.05, 4.69) is 6.92 Å². The van der Waals surface area contributed by atoms with Crippen molar-refractivity contribution >= 4 is 0 Å². The molecule has 1 nitrogen and oxygen atoms in total. The molecule has 1 heteroatoms. The average Bonchev–Trinajstić information content (AvgIpc) is 2.78. The van der Waals surface area contributed by atoms with E-state index in [1.54, 1.807) is 0 Å². The Labute approximate surface area is 95.4 Å². The van der Waals surface area contributed by atoms with Crippen molar-refractivity contribution in [3.8, 4) is 0 Å². The van der Waals surface area contributed by atoms with Crippen LogP contribution in [0.1, 0.15) is 64.7 Å². The molecule has 0 radical (unpaired) electrons. The van der Waals surface area contributed by atoms with Gasteiger partial charge in [-0.15, -0.1) is 0 Å². The second-order valence-electron chi connectivity index (χ2n) is 5.74. The summed E-state index contributed by atoms with van der Waals surface area (Å²) in [4.78, 5) is 0. The maximum absolute atomic E-state index is 2.34. The van der Waals surface area contributed by atoms with Crippen LogP contribution in [0.4, 0.5) is 0 Å². The molecule has 2 fully saturated rings. The van der Waals surface area contributed by atoms with E-state index in [1.807, 2.05) is 0 Å². The first-order chi connectivity index (χ1) is 7.37. The van der Waals surface area contributed by atoms with E-state index < -0.39 is 0 Å². The first kappa shape index (κ1) is 11.4. The third-order valence-electron chi connectivity index (χ3n) is 4.76. The first-order valence-electron chi connectivity index (χ1n) is 7.23. The summed E-state index contributed by atoms with van der Waals surface area (Å²) in [5.41, 5.74) is 0. The molecule has 0 atom stereocenters. The van der Waals surface area contributed by atoms with Crippen LogP contribution in [-0.2, 0) is 0 Å². The summed E-state index contributed by atoms with van der Waals surface area (Å²) < 4.78 is 1.52. The molecule has 0 aromatic heterocycles. The summed E-state index contributed by atoms with van der Waals surface area (Å²) in [7, 11) is 0. The zero-order valence-corrected chi connectivity index (χ0v) is 10.5. The van der Waals surface area contributed by atoms with Gasteiger partial charge in [-0.25, -0.2) is 0 Å². The Hall–Kier alpha value is -0.0400. The molecule has 0 amide bonds. The van der Waals surface area contributed by atoms with Crippen molar-refractivity contribution in [3.63, 3.8) is 0 Å². The lowest BCUT2D eigenvalue weighted by atomic mass is 9.92.